The van der Waals surface area contributed by atoms with Crippen LogP contribution in [0, 0.1) is 11.8 Å². The molecule has 1 amide bonds. The molecule has 1 aromatic rings. The molecule has 2 heterocycles. The van der Waals surface area contributed by atoms with E-state index in [1.165, 1.54) is 5.56 Å². The highest BCUT2D eigenvalue weighted by Crippen LogP contribution is 2.50. The van der Waals surface area contributed by atoms with Crippen LogP contribution in [0.25, 0.3) is 0 Å². The van der Waals surface area contributed by atoms with E-state index in [0.29, 0.717) is 25.0 Å². The van der Waals surface area contributed by atoms with E-state index >= 15 is 0 Å². The molecular formula is C21H29N3O3. The molecule has 1 saturated carbocycles. The maximum Gasteiger partial charge on any atom is 0.256 e. The van der Waals surface area contributed by atoms with Gasteiger partial charge in [-0.3, -0.25) is 19.6 Å². The summed E-state index contributed by atoms with van der Waals surface area (Å²) >= 11 is 0. The SMILES string of the molecule is COCCN1C(=O)[C@]2(CC[C@@H]3CN(Cc4ccc(OC)cc4)C[C@@H]32)N=C1C. The molecule has 2 aliphatic heterocycles. The standard InChI is InChI=1S/C21H29N3O3/c1-15-22-21(20(25)24(15)10-11-26-2)9-8-17-13-23(14-19(17)21)12-16-4-6-18(27-3)7-5-16/h4-7,17,19H,8-14H2,1-3H3/t17-,19+,21-/m1/s1. The average molecular weight is 371 g/mol. The zero-order valence-corrected chi connectivity index (χ0v) is 16.5. The van der Waals surface area contributed by atoms with Crippen molar-refractivity contribution in [1.29, 1.82) is 0 Å². The maximum absolute atomic E-state index is 13.2. The molecule has 146 valence electrons. The molecule has 3 atom stereocenters. The van der Waals surface area contributed by atoms with Crippen molar-refractivity contribution < 1.29 is 14.3 Å². The van der Waals surface area contributed by atoms with Gasteiger partial charge >= 0.3 is 0 Å². The number of likely N-dealkylation sites (tertiary alicyclic amines) is 1. The maximum atomic E-state index is 13.2. The molecule has 4 rings (SSSR count). The number of hydrogen-bond acceptors (Lipinski definition) is 5. The predicted molar refractivity (Wildman–Crippen MR) is 104 cm³/mol. The average Bonchev–Trinajstić information content (AvgIpc) is 3.29. The van der Waals surface area contributed by atoms with Crippen molar-refractivity contribution in [3.05, 3.63) is 29.8 Å². The van der Waals surface area contributed by atoms with Gasteiger partial charge in [0.25, 0.3) is 5.91 Å². The zero-order valence-electron chi connectivity index (χ0n) is 16.5. The van der Waals surface area contributed by atoms with Crippen molar-refractivity contribution in [3.63, 3.8) is 0 Å². The highest BCUT2D eigenvalue weighted by Gasteiger charge is 2.60. The Morgan fingerprint density at radius 3 is 2.70 bits per heavy atom. The van der Waals surface area contributed by atoms with Crippen molar-refractivity contribution in [2.24, 2.45) is 16.8 Å². The van der Waals surface area contributed by atoms with Gasteiger partial charge in [-0.05, 0) is 43.4 Å². The second-order valence-electron chi connectivity index (χ2n) is 7.98. The van der Waals surface area contributed by atoms with Crippen molar-refractivity contribution in [2.75, 3.05) is 40.5 Å². The molecular weight excluding hydrogens is 342 g/mol. The van der Waals surface area contributed by atoms with Crippen molar-refractivity contribution in [3.8, 4) is 5.75 Å². The smallest absolute Gasteiger partial charge is 0.256 e. The van der Waals surface area contributed by atoms with Crippen LogP contribution < -0.4 is 4.74 Å². The third-order valence-electron chi connectivity index (χ3n) is 6.48. The number of fused-ring (bicyclic) bond motifs is 2. The topological polar surface area (TPSA) is 54.4 Å². The van der Waals surface area contributed by atoms with Crippen LogP contribution in [-0.2, 0) is 16.1 Å². The fourth-order valence-corrected chi connectivity index (χ4v) is 5.13. The fraction of sp³-hybridized carbons (Fsp3) is 0.619. The van der Waals surface area contributed by atoms with Crippen LogP contribution >= 0.6 is 0 Å². The van der Waals surface area contributed by atoms with Gasteiger partial charge in [0.05, 0.1) is 20.3 Å². The van der Waals surface area contributed by atoms with E-state index in [2.05, 4.69) is 17.0 Å². The van der Waals surface area contributed by atoms with Gasteiger partial charge in [-0.25, -0.2) is 0 Å². The van der Waals surface area contributed by atoms with Gasteiger partial charge in [-0.2, -0.15) is 0 Å². The van der Waals surface area contributed by atoms with E-state index in [0.717, 1.165) is 44.1 Å². The lowest BCUT2D eigenvalue weighted by atomic mass is 9.85. The highest BCUT2D eigenvalue weighted by atomic mass is 16.5. The molecule has 6 heteroatoms. The van der Waals surface area contributed by atoms with Crippen molar-refractivity contribution in [2.45, 2.75) is 31.8 Å². The Morgan fingerprint density at radius 2 is 2.00 bits per heavy atom. The number of carbonyl (C=O) groups is 1. The Balaban J connectivity index is 1.46. The van der Waals surface area contributed by atoms with Gasteiger partial charge in [0, 0.05) is 32.7 Å². The summed E-state index contributed by atoms with van der Waals surface area (Å²) in [7, 11) is 3.36. The second kappa shape index (κ2) is 7.24. The number of amides is 1. The van der Waals surface area contributed by atoms with Crippen molar-refractivity contribution >= 4 is 11.7 Å². The van der Waals surface area contributed by atoms with E-state index in [1.54, 1.807) is 14.2 Å². The number of methoxy groups -OCH3 is 2. The molecule has 0 unspecified atom stereocenters. The summed E-state index contributed by atoms with van der Waals surface area (Å²) in [5, 5.41) is 0. The van der Waals surface area contributed by atoms with Crippen LogP contribution in [0.4, 0.5) is 0 Å². The van der Waals surface area contributed by atoms with Gasteiger partial charge < -0.3 is 9.47 Å². The Hall–Kier alpha value is -1.92. The summed E-state index contributed by atoms with van der Waals surface area (Å²) in [5.41, 5.74) is 0.751. The molecule has 3 aliphatic rings. The first kappa shape index (κ1) is 18.4. The van der Waals surface area contributed by atoms with E-state index in [-0.39, 0.29) is 5.91 Å². The summed E-state index contributed by atoms with van der Waals surface area (Å²) < 4.78 is 10.4. The number of aliphatic imine (C=N–C) groups is 1. The lowest BCUT2D eigenvalue weighted by Gasteiger charge is -2.28. The Morgan fingerprint density at radius 1 is 1.22 bits per heavy atom. The van der Waals surface area contributed by atoms with Crippen LogP contribution in [0.15, 0.2) is 29.3 Å². The number of ether oxygens (including phenoxy) is 2. The lowest BCUT2D eigenvalue weighted by Crippen LogP contribution is -2.47. The van der Waals surface area contributed by atoms with E-state index in [9.17, 15) is 4.79 Å². The summed E-state index contributed by atoms with van der Waals surface area (Å²) in [5.74, 6) is 2.81. The third-order valence-corrected chi connectivity index (χ3v) is 6.48. The van der Waals surface area contributed by atoms with Gasteiger partial charge in [-0.1, -0.05) is 12.1 Å². The first-order chi connectivity index (χ1) is 13.1. The molecule has 1 spiro atoms. The van der Waals surface area contributed by atoms with Gasteiger partial charge in [0.15, 0.2) is 0 Å². The quantitative estimate of drug-likeness (QED) is 0.769. The minimum Gasteiger partial charge on any atom is -0.497 e. The summed E-state index contributed by atoms with van der Waals surface area (Å²) in [6, 6.07) is 8.27. The summed E-state index contributed by atoms with van der Waals surface area (Å²) in [4.78, 5) is 22.5. The van der Waals surface area contributed by atoms with Crippen LogP contribution in [0.2, 0.25) is 0 Å². The number of hydrogen-bond donors (Lipinski definition) is 0. The van der Waals surface area contributed by atoms with Gasteiger partial charge in [0.2, 0.25) is 0 Å². The Kier molecular flexibility index (Phi) is 4.95. The van der Waals surface area contributed by atoms with E-state index < -0.39 is 5.54 Å². The molecule has 1 aliphatic carbocycles. The molecule has 0 N–H and O–H groups in total. The molecule has 2 fully saturated rings. The molecule has 1 aromatic carbocycles. The molecule has 6 nitrogen and oxygen atoms in total. The Labute approximate surface area is 161 Å². The molecule has 27 heavy (non-hydrogen) atoms. The Bertz CT molecular complexity index is 733. The largest absolute Gasteiger partial charge is 0.497 e. The normalized spacial score (nSPS) is 30.3. The number of carbonyl (C=O) groups excluding carboxylic acids is 1. The molecule has 0 bridgehead atoms. The van der Waals surface area contributed by atoms with Crippen LogP contribution in [0.3, 0.4) is 0 Å². The monoisotopic (exact) mass is 371 g/mol. The highest BCUT2D eigenvalue weighted by molar-refractivity contribution is 6.07. The van der Waals surface area contributed by atoms with E-state index in [4.69, 9.17) is 14.5 Å². The second-order valence-corrected chi connectivity index (χ2v) is 7.98. The number of nitrogens with zero attached hydrogens (tertiary/aromatic N) is 3. The third kappa shape index (κ3) is 3.15. The minimum absolute atomic E-state index is 0.191. The molecule has 1 saturated heterocycles. The van der Waals surface area contributed by atoms with Crippen LogP contribution in [0.5, 0.6) is 5.75 Å². The van der Waals surface area contributed by atoms with Gasteiger partial charge in [-0.15, -0.1) is 0 Å². The first-order valence-electron chi connectivity index (χ1n) is 9.80. The van der Waals surface area contributed by atoms with E-state index in [1.807, 2.05) is 24.0 Å². The summed E-state index contributed by atoms with van der Waals surface area (Å²) in [6.45, 7) is 6.01. The number of amidine groups is 1. The zero-order chi connectivity index (χ0) is 19.0. The molecule has 0 radical (unpaired) electrons. The summed E-state index contributed by atoms with van der Waals surface area (Å²) in [6.07, 6.45) is 1.97. The van der Waals surface area contributed by atoms with Crippen LogP contribution in [0.1, 0.15) is 25.3 Å². The predicted octanol–water partition coefficient (Wildman–Crippen LogP) is 2.18. The number of rotatable bonds is 6. The molecule has 0 aromatic heterocycles. The fourth-order valence-electron chi connectivity index (χ4n) is 5.13. The first-order valence-corrected chi connectivity index (χ1v) is 9.80. The van der Waals surface area contributed by atoms with Crippen molar-refractivity contribution in [1.82, 2.24) is 9.80 Å². The van der Waals surface area contributed by atoms with Gasteiger partial charge in [0.1, 0.15) is 17.1 Å². The minimum atomic E-state index is -0.531. The lowest BCUT2D eigenvalue weighted by molar-refractivity contribution is -0.132. The van der Waals surface area contributed by atoms with Crippen LogP contribution in [-0.4, -0.2) is 67.5 Å². The number of benzene rings is 1.